The first-order valence-corrected chi connectivity index (χ1v) is 8.43. The van der Waals surface area contributed by atoms with Gasteiger partial charge < -0.3 is 14.8 Å². The summed E-state index contributed by atoms with van der Waals surface area (Å²) >= 11 is 2.30. The maximum atomic E-state index is 11.6. The zero-order valence-electron chi connectivity index (χ0n) is 12.4. The highest BCUT2D eigenvalue weighted by molar-refractivity contribution is 14.1. The molecule has 0 aromatic heterocycles. The van der Waals surface area contributed by atoms with Crippen LogP contribution in [0.4, 0.5) is 4.79 Å². The molecule has 19 heavy (non-hydrogen) atoms. The number of alkyl carbamates (subject to hydrolysis) is 1. The van der Waals surface area contributed by atoms with Crippen LogP contribution in [0, 0.1) is 5.92 Å². The van der Waals surface area contributed by atoms with Crippen LogP contribution in [0.3, 0.4) is 0 Å². The van der Waals surface area contributed by atoms with Crippen molar-refractivity contribution in [1.82, 2.24) is 5.32 Å². The van der Waals surface area contributed by atoms with Crippen molar-refractivity contribution < 1.29 is 14.3 Å². The van der Waals surface area contributed by atoms with E-state index in [1.165, 1.54) is 12.8 Å². The molecule has 1 fully saturated rings. The molecule has 0 aliphatic heterocycles. The van der Waals surface area contributed by atoms with Crippen molar-refractivity contribution in [2.75, 3.05) is 17.6 Å². The monoisotopic (exact) mass is 383 g/mol. The van der Waals surface area contributed by atoms with Crippen LogP contribution in [-0.2, 0) is 9.47 Å². The van der Waals surface area contributed by atoms with Crippen molar-refractivity contribution in [2.24, 2.45) is 5.92 Å². The molecule has 0 spiro atoms. The van der Waals surface area contributed by atoms with Gasteiger partial charge in [0.1, 0.15) is 5.60 Å². The molecule has 0 aromatic rings. The van der Waals surface area contributed by atoms with E-state index in [9.17, 15) is 4.79 Å². The fourth-order valence-corrected chi connectivity index (χ4v) is 2.08. The molecule has 1 saturated carbocycles. The molecule has 112 valence electrons. The quantitative estimate of drug-likeness (QED) is 0.541. The summed E-state index contributed by atoms with van der Waals surface area (Å²) in [5.74, 6) is 0.872. The van der Waals surface area contributed by atoms with Gasteiger partial charge in [0.2, 0.25) is 0 Å². The largest absolute Gasteiger partial charge is 0.444 e. The van der Waals surface area contributed by atoms with Gasteiger partial charge in [0.25, 0.3) is 0 Å². The lowest BCUT2D eigenvalue weighted by Crippen LogP contribution is -2.45. The van der Waals surface area contributed by atoms with Crippen molar-refractivity contribution in [3.8, 4) is 0 Å². The number of nitrogens with one attached hydrogen (secondary N) is 1. The molecule has 1 atom stereocenters. The molecule has 1 N–H and O–H groups in total. The van der Waals surface area contributed by atoms with Gasteiger partial charge in [-0.05, 0) is 40.0 Å². The van der Waals surface area contributed by atoms with E-state index < -0.39 is 5.60 Å². The molecule has 1 unspecified atom stereocenters. The first-order chi connectivity index (χ1) is 8.74. The second-order valence-electron chi connectivity index (χ2n) is 6.52. The Hall–Kier alpha value is -0.0400. The van der Waals surface area contributed by atoms with E-state index in [4.69, 9.17) is 9.47 Å². The molecule has 1 amide bonds. The number of amides is 1. The van der Waals surface area contributed by atoms with Gasteiger partial charge in [0, 0.05) is 11.0 Å². The predicted molar refractivity (Wildman–Crippen MR) is 84.8 cm³/mol. The predicted octanol–water partition coefficient (Wildman–Crippen LogP) is 3.52. The number of carbonyl (C=O) groups excluding carboxylic acids is 1. The number of ether oxygens (including phenoxy) is 2. The lowest BCUT2D eigenvalue weighted by atomic mass is 10.1. The maximum absolute atomic E-state index is 11.6. The summed E-state index contributed by atoms with van der Waals surface area (Å²) in [6.45, 7) is 8.86. The lowest BCUT2D eigenvalue weighted by molar-refractivity contribution is -0.0163. The minimum atomic E-state index is -0.461. The fourth-order valence-electron chi connectivity index (χ4n) is 1.59. The van der Waals surface area contributed by atoms with E-state index in [2.05, 4.69) is 27.9 Å². The Bertz CT molecular complexity index is 300. The average molecular weight is 383 g/mol. The third-order valence-corrected chi connectivity index (χ3v) is 4.58. The van der Waals surface area contributed by atoms with E-state index >= 15 is 0 Å². The van der Waals surface area contributed by atoms with E-state index in [1.807, 2.05) is 27.7 Å². The van der Waals surface area contributed by atoms with Crippen LogP contribution in [0.5, 0.6) is 0 Å². The number of carbonyl (C=O) groups is 1. The summed E-state index contributed by atoms with van der Waals surface area (Å²) in [4.78, 5) is 11.6. The van der Waals surface area contributed by atoms with Gasteiger partial charge in [-0.15, -0.1) is 0 Å². The third kappa shape index (κ3) is 7.97. The van der Waals surface area contributed by atoms with Gasteiger partial charge in [-0.25, -0.2) is 4.79 Å². The zero-order chi connectivity index (χ0) is 14.5. The van der Waals surface area contributed by atoms with Crippen LogP contribution in [0.1, 0.15) is 47.0 Å². The van der Waals surface area contributed by atoms with Gasteiger partial charge >= 0.3 is 6.09 Å². The van der Waals surface area contributed by atoms with Gasteiger partial charge in [0.05, 0.1) is 12.1 Å². The molecular formula is C14H26INO3. The van der Waals surface area contributed by atoms with E-state index in [1.54, 1.807) is 0 Å². The molecule has 0 heterocycles. The summed E-state index contributed by atoms with van der Waals surface area (Å²) < 4.78 is 12.0. The minimum absolute atomic E-state index is 0.313. The molecule has 0 aromatic carbocycles. The smallest absolute Gasteiger partial charge is 0.407 e. The van der Waals surface area contributed by atoms with Gasteiger partial charge in [-0.2, -0.15) is 0 Å². The van der Waals surface area contributed by atoms with Crippen LogP contribution in [0.15, 0.2) is 0 Å². The van der Waals surface area contributed by atoms with Crippen molar-refractivity contribution in [1.29, 1.82) is 0 Å². The second-order valence-corrected chi connectivity index (χ2v) is 7.28. The summed E-state index contributed by atoms with van der Waals surface area (Å²) in [5.41, 5.74) is -0.774. The van der Waals surface area contributed by atoms with Gasteiger partial charge in [0.15, 0.2) is 0 Å². The van der Waals surface area contributed by atoms with Crippen LogP contribution in [0.25, 0.3) is 0 Å². The molecule has 1 aliphatic rings. The Morgan fingerprint density at radius 3 is 2.42 bits per heavy atom. The topological polar surface area (TPSA) is 47.6 Å². The number of rotatable bonds is 7. The molecular weight excluding hydrogens is 357 g/mol. The van der Waals surface area contributed by atoms with Crippen LogP contribution < -0.4 is 5.32 Å². The Kier molecular flexibility index (Phi) is 6.36. The summed E-state index contributed by atoms with van der Waals surface area (Å²) in [7, 11) is 0. The Morgan fingerprint density at radius 1 is 1.32 bits per heavy atom. The van der Waals surface area contributed by atoms with Crippen molar-refractivity contribution >= 4 is 28.7 Å². The minimum Gasteiger partial charge on any atom is -0.444 e. The van der Waals surface area contributed by atoms with E-state index in [-0.39, 0.29) is 11.7 Å². The van der Waals surface area contributed by atoms with Crippen LogP contribution in [0.2, 0.25) is 0 Å². The maximum Gasteiger partial charge on any atom is 0.407 e. The Balaban J connectivity index is 2.26. The summed E-state index contributed by atoms with van der Waals surface area (Å²) in [6, 6.07) is 0. The van der Waals surface area contributed by atoms with E-state index in [0.717, 1.165) is 23.4 Å². The van der Waals surface area contributed by atoms with E-state index in [0.29, 0.717) is 6.54 Å². The summed E-state index contributed by atoms with van der Waals surface area (Å²) in [5, 5.41) is 2.79. The van der Waals surface area contributed by atoms with Gasteiger partial charge in [-0.3, -0.25) is 0 Å². The molecule has 4 nitrogen and oxygen atoms in total. The number of alkyl halides is 1. The number of hydrogen-bond acceptors (Lipinski definition) is 3. The standard InChI is InChI=1S/C14H26INO3/c1-13(2,3)19-12(17)16-10-14(4,9-15)18-8-7-11-5-6-11/h11H,5-10H2,1-4H3,(H,16,17). The van der Waals surface area contributed by atoms with Crippen LogP contribution in [-0.4, -0.2) is 34.9 Å². The SMILES string of the molecule is CC(C)(C)OC(=O)NCC(C)(CI)OCCC1CC1. The molecule has 1 rings (SSSR count). The van der Waals surface area contributed by atoms with Crippen LogP contribution >= 0.6 is 22.6 Å². The molecule has 5 heteroatoms. The van der Waals surface area contributed by atoms with Gasteiger partial charge in [-0.1, -0.05) is 35.4 Å². The zero-order valence-corrected chi connectivity index (χ0v) is 14.6. The fraction of sp³-hybridized carbons (Fsp3) is 0.929. The Labute approximate surface area is 130 Å². The molecule has 0 radical (unpaired) electrons. The van der Waals surface area contributed by atoms with Crippen molar-refractivity contribution in [3.63, 3.8) is 0 Å². The highest BCUT2D eigenvalue weighted by atomic mass is 127. The highest BCUT2D eigenvalue weighted by Crippen LogP contribution is 2.32. The molecule has 1 aliphatic carbocycles. The van der Waals surface area contributed by atoms with Crippen molar-refractivity contribution in [2.45, 2.75) is 58.2 Å². The normalized spacial score (nSPS) is 18.8. The third-order valence-electron chi connectivity index (χ3n) is 2.96. The molecule has 0 bridgehead atoms. The first kappa shape index (κ1) is 17.0. The highest BCUT2D eigenvalue weighted by Gasteiger charge is 2.28. The number of halogens is 1. The second kappa shape index (κ2) is 7.11. The number of hydrogen-bond donors (Lipinski definition) is 1. The first-order valence-electron chi connectivity index (χ1n) is 6.91. The lowest BCUT2D eigenvalue weighted by Gasteiger charge is -2.29. The molecule has 0 saturated heterocycles. The summed E-state index contributed by atoms with van der Waals surface area (Å²) in [6.07, 6.45) is 3.45. The Morgan fingerprint density at radius 2 is 1.95 bits per heavy atom. The average Bonchev–Trinajstić information content (AvgIpc) is 3.08. The van der Waals surface area contributed by atoms with Crippen molar-refractivity contribution in [3.05, 3.63) is 0 Å².